The molecule has 0 aromatic carbocycles. The monoisotopic (exact) mass is 422 g/mol. The first-order chi connectivity index (χ1) is 9.40. The van der Waals surface area contributed by atoms with Crippen LogP contribution in [0, 0.1) is 0 Å². The van der Waals surface area contributed by atoms with Crippen molar-refractivity contribution in [2.45, 2.75) is 99.8 Å². The Morgan fingerprint density at radius 2 is 0.682 bits per heavy atom. The van der Waals surface area contributed by atoms with Gasteiger partial charge in [0.1, 0.15) is 0 Å². The molecule has 0 spiro atoms. The van der Waals surface area contributed by atoms with E-state index in [0.717, 1.165) is 0 Å². The summed E-state index contributed by atoms with van der Waals surface area (Å²) >= 11 is -3.89. The van der Waals surface area contributed by atoms with E-state index in [1.54, 1.807) is 13.8 Å². The summed E-state index contributed by atoms with van der Waals surface area (Å²) in [6.45, 7) is 19.0. The van der Waals surface area contributed by atoms with Gasteiger partial charge >= 0.3 is 131 Å². The van der Waals surface area contributed by atoms with Crippen molar-refractivity contribution in [3.05, 3.63) is 0 Å². The molecule has 0 saturated carbocycles. The Balaban J connectivity index is -0.000000640. The second-order valence-corrected chi connectivity index (χ2v) is 11.8. The van der Waals surface area contributed by atoms with E-state index in [9.17, 15) is 5.11 Å². The molecule has 0 aromatic rings. The Hall–Kier alpha value is 1.20. The van der Waals surface area contributed by atoms with Gasteiger partial charge in [0.25, 0.3) is 0 Å². The fraction of sp³-hybridized carbons (Fsp3) is 1.00. The summed E-state index contributed by atoms with van der Waals surface area (Å²) in [5.41, 5.74) is 0. The second kappa shape index (κ2) is 14.5. The predicted octanol–water partition coefficient (Wildman–Crippen LogP) is -0.119. The van der Waals surface area contributed by atoms with Crippen LogP contribution in [0.1, 0.15) is 69.2 Å². The molecule has 0 fully saturated rings. The topological polar surface area (TPSA) is 60.0 Å². The molecule has 0 aliphatic heterocycles. The molecule has 0 N–H and O–H groups in total. The van der Waals surface area contributed by atoms with Crippen LogP contribution in [0.5, 0.6) is 0 Å². The van der Waals surface area contributed by atoms with Gasteiger partial charge in [-0.25, -0.2) is 0 Å². The number of rotatable bonds is 8. The molecule has 0 aliphatic rings. The van der Waals surface area contributed by atoms with Crippen molar-refractivity contribution in [1.82, 2.24) is 0 Å². The third-order valence-corrected chi connectivity index (χ3v) is 10.2. The van der Waals surface area contributed by atoms with Crippen molar-refractivity contribution in [3.8, 4) is 0 Å². The molecular formula is C15H35LiO5Sn. The standard InChI is InChI=1S/5C3H7O.Li.Sn/c5*1-3(2)4;;/h5*3H,1-2H3;;/q5*-1;+1;+4. The molecule has 0 bridgehead atoms. The van der Waals surface area contributed by atoms with Crippen LogP contribution in [0.15, 0.2) is 0 Å². The summed E-state index contributed by atoms with van der Waals surface area (Å²) < 4.78 is 23.7. The van der Waals surface area contributed by atoms with E-state index in [2.05, 4.69) is 0 Å². The van der Waals surface area contributed by atoms with Crippen LogP contribution in [-0.2, 0) is 12.3 Å². The van der Waals surface area contributed by atoms with Gasteiger partial charge in [-0.2, -0.15) is 0 Å². The molecule has 22 heavy (non-hydrogen) atoms. The average Bonchev–Trinajstić information content (AvgIpc) is 2.08. The molecule has 0 aliphatic carbocycles. The van der Waals surface area contributed by atoms with Crippen LogP contribution in [0.2, 0.25) is 0 Å². The van der Waals surface area contributed by atoms with Crippen LogP contribution >= 0.6 is 0 Å². The Morgan fingerprint density at radius 1 is 0.545 bits per heavy atom. The van der Waals surface area contributed by atoms with Crippen LogP contribution in [0.3, 0.4) is 0 Å². The van der Waals surface area contributed by atoms with Crippen molar-refractivity contribution in [2.24, 2.45) is 0 Å². The molecule has 0 amide bonds. The Bertz CT molecular complexity index is 200. The zero-order valence-electron chi connectivity index (χ0n) is 16.4. The van der Waals surface area contributed by atoms with Crippen LogP contribution in [0.25, 0.3) is 0 Å². The first kappa shape index (κ1) is 28.0. The summed E-state index contributed by atoms with van der Waals surface area (Å²) in [5, 5.41) is 9.53. The summed E-state index contributed by atoms with van der Waals surface area (Å²) in [6, 6.07) is 0. The average molecular weight is 421 g/mol. The Kier molecular flexibility index (Phi) is 18.5. The van der Waals surface area contributed by atoms with E-state index in [-0.39, 0.29) is 43.3 Å². The van der Waals surface area contributed by atoms with Crippen LogP contribution in [-0.4, -0.2) is 50.6 Å². The Morgan fingerprint density at radius 3 is 0.773 bits per heavy atom. The van der Waals surface area contributed by atoms with E-state index in [0.29, 0.717) is 0 Å². The summed E-state index contributed by atoms with van der Waals surface area (Å²) in [4.78, 5) is 0. The van der Waals surface area contributed by atoms with Crippen molar-refractivity contribution in [3.63, 3.8) is 0 Å². The molecule has 0 atom stereocenters. The van der Waals surface area contributed by atoms with E-state index < -0.39 is 26.1 Å². The van der Waals surface area contributed by atoms with Crippen molar-refractivity contribution in [2.75, 3.05) is 0 Å². The first-order valence-corrected chi connectivity index (χ1v) is 12.4. The fourth-order valence-electron chi connectivity index (χ4n) is 1.32. The maximum absolute atomic E-state index is 9.53. The van der Waals surface area contributed by atoms with Gasteiger partial charge in [0.2, 0.25) is 0 Å². The summed E-state index contributed by atoms with van der Waals surface area (Å²) in [6.07, 6.45) is -0.242. The van der Waals surface area contributed by atoms with Gasteiger partial charge in [-0.3, -0.25) is 0 Å². The second-order valence-electron chi connectivity index (χ2n) is 6.22. The zero-order chi connectivity index (χ0) is 17.2. The quantitative estimate of drug-likeness (QED) is 0.512. The van der Waals surface area contributed by atoms with Crippen molar-refractivity contribution >= 4 is 20.0 Å². The fourth-order valence-corrected chi connectivity index (χ4v) is 8.86. The third-order valence-electron chi connectivity index (χ3n) is 1.52. The minimum atomic E-state index is -3.89. The minimum Gasteiger partial charge on any atom is 1.00 e. The zero-order valence-corrected chi connectivity index (χ0v) is 19.3. The van der Waals surface area contributed by atoms with Gasteiger partial charge in [-0.05, 0) is 0 Å². The molecule has 0 heterocycles. The molecule has 0 unspecified atom stereocenters. The molecule has 0 rings (SSSR count). The van der Waals surface area contributed by atoms with E-state index in [1.165, 1.54) is 0 Å². The maximum atomic E-state index is 9.53. The van der Waals surface area contributed by atoms with Crippen molar-refractivity contribution < 1.29 is 36.3 Å². The molecule has 0 saturated heterocycles. The summed E-state index contributed by atoms with van der Waals surface area (Å²) in [5.74, 6) is 0. The van der Waals surface area contributed by atoms with E-state index in [1.807, 2.05) is 55.4 Å². The number of hydrogen-bond donors (Lipinski definition) is 0. The maximum Gasteiger partial charge on any atom is 1.00 e. The van der Waals surface area contributed by atoms with Gasteiger partial charge in [0.15, 0.2) is 0 Å². The first-order valence-electron chi connectivity index (χ1n) is 7.77. The molecule has 130 valence electrons. The van der Waals surface area contributed by atoms with Gasteiger partial charge in [-0.15, -0.1) is 6.10 Å². The smallest absolute Gasteiger partial charge is 1.00 e. The van der Waals surface area contributed by atoms with Gasteiger partial charge in [0, 0.05) is 0 Å². The normalized spacial score (nSPS) is 12.0. The molecular weight excluding hydrogens is 386 g/mol. The van der Waals surface area contributed by atoms with Gasteiger partial charge < -0.3 is 5.11 Å². The van der Waals surface area contributed by atoms with E-state index in [4.69, 9.17) is 12.3 Å². The summed E-state index contributed by atoms with van der Waals surface area (Å²) in [7, 11) is 0. The largest absolute Gasteiger partial charge is 1.00 e. The predicted molar refractivity (Wildman–Crippen MR) is 85.8 cm³/mol. The third kappa shape index (κ3) is 19.2. The SMILES string of the molecule is CC(C)[O-].CC(C)[O][Sn]([O]C(C)C)([O]C(C)C)[O]C(C)C.[Li+]. The molecule has 7 heteroatoms. The molecule has 0 aromatic heterocycles. The molecule has 5 nitrogen and oxygen atoms in total. The van der Waals surface area contributed by atoms with Gasteiger partial charge in [-0.1, -0.05) is 13.8 Å². The van der Waals surface area contributed by atoms with Crippen LogP contribution in [0.4, 0.5) is 0 Å². The van der Waals surface area contributed by atoms with Crippen molar-refractivity contribution in [1.29, 1.82) is 0 Å². The van der Waals surface area contributed by atoms with Gasteiger partial charge in [0.05, 0.1) is 0 Å². The van der Waals surface area contributed by atoms with E-state index >= 15 is 0 Å². The Labute approximate surface area is 155 Å². The number of hydrogen-bond acceptors (Lipinski definition) is 5. The van der Waals surface area contributed by atoms with Crippen LogP contribution < -0.4 is 24.0 Å². The minimum absolute atomic E-state index is 0. The molecule has 0 radical (unpaired) electrons.